The standard InChI is InChI=1S/C12H15NO3/c1-16-11-3-2-10(12(14)15)8-4-6-13-7-5-9(8)11/h2-3,13H,4-7H2,1H3,(H,14,15). The van der Waals surface area contributed by atoms with Crippen LogP contribution in [0.2, 0.25) is 0 Å². The van der Waals surface area contributed by atoms with Crippen LogP contribution in [0.5, 0.6) is 5.75 Å². The fraction of sp³-hybridized carbons (Fsp3) is 0.417. The summed E-state index contributed by atoms with van der Waals surface area (Å²) in [6.45, 7) is 1.69. The summed E-state index contributed by atoms with van der Waals surface area (Å²) in [6, 6.07) is 3.37. The van der Waals surface area contributed by atoms with Gasteiger partial charge in [0.05, 0.1) is 12.7 Å². The van der Waals surface area contributed by atoms with Crippen LogP contribution >= 0.6 is 0 Å². The van der Waals surface area contributed by atoms with Crippen molar-refractivity contribution in [2.45, 2.75) is 12.8 Å². The molecule has 4 nitrogen and oxygen atoms in total. The number of hydrogen-bond acceptors (Lipinski definition) is 3. The zero-order chi connectivity index (χ0) is 11.5. The van der Waals surface area contributed by atoms with Crippen molar-refractivity contribution in [3.8, 4) is 5.75 Å². The molecule has 1 aromatic carbocycles. The number of carboxylic acids is 1. The highest BCUT2D eigenvalue weighted by molar-refractivity contribution is 5.90. The molecule has 0 fully saturated rings. The molecule has 2 rings (SSSR count). The Morgan fingerprint density at radius 3 is 2.62 bits per heavy atom. The number of nitrogens with one attached hydrogen (secondary N) is 1. The first-order chi connectivity index (χ1) is 7.74. The van der Waals surface area contributed by atoms with Gasteiger partial charge in [-0.3, -0.25) is 0 Å². The number of carboxylic acid groups (broad SMARTS) is 1. The average Bonchev–Trinajstić information content (AvgIpc) is 2.52. The third-order valence-corrected chi connectivity index (χ3v) is 2.94. The maximum Gasteiger partial charge on any atom is 0.335 e. The van der Waals surface area contributed by atoms with E-state index in [0.29, 0.717) is 5.56 Å². The maximum absolute atomic E-state index is 11.1. The first kappa shape index (κ1) is 11.0. The van der Waals surface area contributed by atoms with Crippen LogP contribution in [-0.2, 0) is 12.8 Å². The van der Waals surface area contributed by atoms with Gasteiger partial charge in [0.1, 0.15) is 5.75 Å². The summed E-state index contributed by atoms with van der Waals surface area (Å²) in [5.41, 5.74) is 2.35. The molecule has 0 amide bonds. The van der Waals surface area contributed by atoms with Gasteiger partial charge in [-0.1, -0.05) is 0 Å². The highest BCUT2D eigenvalue weighted by atomic mass is 16.5. The molecule has 86 valence electrons. The van der Waals surface area contributed by atoms with E-state index in [9.17, 15) is 4.79 Å². The first-order valence-electron chi connectivity index (χ1n) is 5.37. The third-order valence-electron chi connectivity index (χ3n) is 2.94. The molecule has 1 heterocycles. The fourth-order valence-electron chi connectivity index (χ4n) is 2.17. The Morgan fingerprint density at radius 1 is 1.31 bits per heavy atom. The molecular formula is C12H15NO3. The number of fused-ring (bicyclic) bond motifs is 1. The molecular weight excluding hydrogens is 206 g/mol. The summed E-state index contributed by atoms with van der Waals surface area (Å²) < 4.78 is 5.28. The quantitative estimate of drug-likeness (QED) is 0.784. The number of methoxy groups -OCH3 is 1. The van der Waals surface area contributed by atoms with E-state index in [1.165, 1.54) is 0 Å². The van der Waals surface area contributed by atoms with Gasteiger partial charge in [-0.15, -0.1) is 0 Å². The third kappa shape index (κ3) is 1.88. The van der Waals surface area contributed by atoms with Gasteiger partial charge >= 0.3 is 5.97 Å². The van der Waals surface area contributed by atoms with Crippen molar-refractivity contribution in [1.82, 2.24) is 5.32 Å². The Bertz CT molecular complexity index is 415. The Hall–Kier alpha value is -1.55. The highest BCUT2D eigenvalue weighted by Gasteiger charge is 2.19. The van der Waals surface area contributed by atoms with Crippen molar-refractivity contribution in [3.63, 3.8) is 0 Å². The Labute approximate surface area is 94.2 Å². The van der Waals surface area contributed by atoms with Gasteiger partial charge in [-0.05, 0) is 49.2 Å². The number of benzene rings is 1. The first-order valence-corrected chi connectivity index (χ1v) is 5.37. The second-order valence-electron chi connectivity index (χ2n) is 3.83. The molecule has 0 bridgehead atoms. The zero-order valence-corrected chi connectivity index (χ0v) is 9.25. The molecule has 1 aromatic rings. The van der Waals surface area contributed by atoms with Crippen molar-refractivity contribution in [3.05, 3.63) is 28.8 Å². The van der Waals surface area contributed by atoms with Crippen LogP contribution in [-0.4, -0.2) is 31.3 Å². The minimum atomic E-state index is -0.860. The fourth-order valence-corrected chi connectivity index (χ4v) is 2.17. The SMILES string of the molecule is COc1ccc(C(=O)O)c2c1CCNCC2. The lowest BCUT2D eigenvalue weighted by Gasteiger charge is -2.13. The predicted octanol–water partition coefficient (Wildman–Crippen LogP) is 1.08. The number of aromatic carboxylic acids is 1. The molecule has 0 atom stereocenters. The van der Waals surface area contributed by atoms with Gasteiger partial charge in [-0.2, -0.15) is 0 Å². The topological polar surface area (TPSA) is 58.6 Å². The lowest BCUT2D eigenvalue weighted by atomic mass is 9.96. The molecule has 0 saturated carbocycles. The lowest BCUT2D eigenvalue weighted by Crippen LogP contribution is -2.16. The van der Waals surface area contributed by atoms with Gasteiger partial charge < -0.3 is 15.2 Å². The zero-order valence-electron chi connectivity index (χ0n) is 9.25. The highest BCUT2D eigenvalue weighted by Crippen LogP contribution is 2.27. The van der Waals surface area contributed by atoms with Crippen LogP contribution in [0, 0.1) is 0 Å². The Morgan fingerprint density at radius 2 is 2.00 bits per heavy atom. The number of hydrogen-bond donors (Lipinski definition) is 2. The van der Waals surface area contributed by atoms with E-state index in [4.69, 9.17) is 9.84 Å². The van der Waals surface area contributed by atoms with Crippen molar-refractivity contribution >= 4 is 5.97 Å². The van der Waals surface area contributed by atoms with Crippen LogP contribution in [0.1, 0.15) is 21.5 Å². The minimum Gasteiger partial charge on any atom is -0.496 e. The second-order valence-corrected chi connectivity index (χ2v) is 3.83. The molecule has 0 unspecified atom stereocenters. The predicted molar refractivity (Wildman–Crippen MR) is 60.2 cm³/mol. The summed E-state index contributed by atoms with van der Waals surface area (Å²) >= 11 is 0. The van der Waals surface area contributed by atoms with Crippen LogP contribution in [0.25, 0.3) is 0 Å². The number of rotatable bonds is 2. The van der Waals surface area contributed by atoms with E-state index in [0.717, 1.165) is 42.8 Å². The molecule has 2 N–H and O–H groups in total. The smallest absolute Gasteiger partial charge is 0.335 e. The van der Waals surface area contributed by atoms with E-state index in [1.54, 1.807) is 19.2 Å². The van der Waals surface area contributed by atoms with Crippen molar-refractivity contribution < 1.29 is 14.6 Å². The molecule has 0 saturated heterocycles. The Kier molecular flexibility index (Phi) is 3.10. The van der Waals surface area contributed by atoms with Gasteiger partial charge in [0.2, 0.25) is 0 Å². The largest absolute Gasteiger partial charge is 0.496 e. The minimum absolute atomic E-state index is 0.402. The van der Waals surface area contributed by atoms with Crippen molar-refractivity contribution in [2.24, 2.45) is 0 Å². The summed E-state index contributed by atoms with van der Waals surface area (Å²) in [5.74, 6) is -0.0653. The summed E-state index contributed by atoms with van der Waals surface area (Å²) in [6.07, 6.45) is 1.56. The average molecular weight is 221 g/mol. The maximum atomic E-state index is 11.1. The normalized spacial score (nSPS) is 15.1. The molecule has 0 radical (unpaired) electrons. The molecule has 1 aliphatic rings. The molecule has 4 heteroatoms. The van der Waals surface area contributed by atoms with Crippen LogP contribution in [0.3, 0.4) is 0 Å². The van der Waals surface area contributed by atoms with Crippen LogP contribution in [0.15, 0.2) is 12.1 Å². The van der Waals surface area contributed by atoms with Gasteiger partial charge in [-0.25, -0.2) is 4.79 Å². The van der Waals surface area contributed by atoms with E-state index < -0.39 is 5.97 Å². The number of carbonyl (C=O) groups is 1. The van der Waals surface area contributed by atoms with E-state index in [2.05, 4.69) is 5.32 Å². The second kappa shape index (κ2) is 4.53. The van der Waals surface area contributed by atoms with Crippen molar-refractivity contribution in [1.29, 1.82) is 0 Å². The Balaban J connectivity index is 2.56. The summed E-state index contributed by atoms with van der Waals surface area (Å²) in [4.78, 5) is 11.1. The monoisotopic (exact) mass is 221 g/mol. The van der Waals surface area contributed by atoms with Gasteiger partial charge in [0.25, 0.3) is 0 Å². The van der Waals surface area contributed by atoms with Crippen LogP contribution in [0.4, 0.5) is 0 Å². The molecule has 16 heavy (non-hydrogen) atoms. The van der Waals surface area contributed by atoms with Crippen LogP contribution < -0.4 is 10.1 Å². The molecule has 0 aliphatic carbocycles. The molecule has 0 aromatic heterocycles. The van der Waals surface area contributed by atoms with Gasteiger partial charge in [0.15, 0.2) is 0 Å². The van der Waals surface area contributed by atoms with E-state index >= 15 is 0 Å². The summed E-state index contributed by atoms with van der Waals surface area (Å²) in [5, 5.41) is 12.4. The van der Waals surface area contributed by atoms with E-state index in [-0.39, 0.29) is 0 Å². The summed E-state index contributed by atoms with van der Waals surface area (Å²) in [7, 11) is 1.62. The number of ether oxygens (including phenoxy) is 1. The molecule has 0 spiro atoms. The van der Waals surface area contributed by atoms with E-state index in [1.807, 2.05) is 0 Å². The van der Waals surface area contributed by atoms with Gasteiger partial charge in [0, 0.05) is 0 Å². The van der Waals surface area contributed by atoms with Crippen molar-refractivity contribution in [2.75, 3.05) is 20.2 Å². The molecule has 1 aliphatic heterocycles. The lowest BCUT2D eigenvalue weighted by molar-refractivity contribution is 0.0695.